The lowest BCUT2D eigenvalue weighted by Gasteiger charge is -2.32. The van der Waals surface area contributed by atoms with Gasteiger partial charge in [0.2, 0.25) is 0 Å². The molecule has 11 heteroatoms. The second kappa shape index (κ2) is 6.59. The predicted octanol–water partition coefficient (Wildman–Crippen LogP) is -5.04. The van der Waals surface area contributed by atoms with Crippen LogP contribution in [0.25, 0.3) is 0 Å². The molecule has 0 amide bonds. The molecule has 1 heterocycles. The normalized spacial score (nSPS) is 19.3. The Bertz CT molecular complexity index is 205. The van der Waals surface area contributed by atoms with Gasteiger partial charge in [-0.1, -0.05) is 31.9 Å². The molecular formula is C5H21B11. The maximum Gasteiger partial charge on any atom is 0.0939 e. The van der Waals surface area contributed by atoms with Crippen LogP contribution in [0.3, 0.4) is 0 Å². The molecule has 1 fully saturated rings. The van der Waals surface area contributed by atoms with Gasteiger partial charge in [-0.05, 0) is 0 Å². The van der Waals surface area contributed by atoms with E-state index in [1.54, 1.807) is 0 Å². The van der Waals surface area contributed by atoms with Crippen molar-refractivity contribution >= 4 is 77.9 Å². The molecule has 0 bridgehead atoms. The van der Waals surface area contributed by atoms with Gasteiger partial charge in [0.1, 0.15) is 0 Å². The zero-order chi connectivity index (χ0) is 12.3. The summed E-state index contributed by atoms with van der Waals surface area (Å²) >= 11 is 0. The average molecular weight is 200 g/mol. The molecule has 1 rings (SSSR count). The molecule has 74 valence electrons. The zero-order valence-corrected chi connectivity index (χ0v) is 12.3. The smallest absolute Gasteiger partial charge is 0.0815 e. The van der Waals surface area contributed by atoms with Crippen LogP contribution < -0.4 is 0 Å². The molecule has 0 nitrogen and oxygen atoms in total. The minimum atomic E-state index is 0.852. The zero-order valence-electron chi connectivity index (χ0n) is 12.3. The maximum atomic E-state index is 2.49. The standard InChI is InChI=1S/C5H21B11/c1-5-3-2-4-12(5)16(14(9)10)15(11-6)13(7)8/h5,11H,2-4,6-10H2,1H3/t5-/m1/s1. The van der Waals surface area contributed by atoms with Gasteiger partial charge in [-0.2, -0.15) is 0 Å². The van der Waals surface area contributed by atoms with Crippen molar-refractivity contribution in [1.29, 1.82) is 0 Å². The monoisotopic (exact) mass is 202 g/mol. The second-order valence-electron chi connectivity index (χ2n) is 6.71. The molecule has 0 aromatic carbocycles. The van der Waals surface area contributed by atoms with Crippen molar-refractivity contribution < 1.29 is 0 Å². The first-order valence-electron chi connectivity index (χ1n) is 7.49. The van der Waals surface area contributed by atoms with Crippen molar-refractivity contribution in [2.24, 2.45) is 0 Å². The lowest BCUT2D eigenvalue weighted by molar-refractivity contribution is 0.820. The highest BCUT2D eigenvalue weighted by molar-refractivity contribution is 8.03. The van der Waals surface area contributed by atoms with E-state index in [2.05, 4.69) is 45.6 Å². The van der Waals surface area contributed by atoms with E-state index in [1.165, 1.54) is 26.2 Å². The third kappa shape index (κ3) is 3.36. The Labute approximate surface area is 110 Å². The van der Waals surface area contributed by atoms with Crippen molar-refractivity contribution in [1.82, 2.24) is 0 Å². The van der Waals surface area contributed by atoms with Gasteiger partial charge < -0.3 is 0 Å². The molecule has 0 unspecified atom stereocenters. The van der Waals surface area contributed by atoms with E-state index in [4.69, 9.17) is 0 Å². The van der Waals surface area contributed by atoms with Gasteiger partial charge in [0.15, 0.2) is 0 Å². The topological polar surface area (TPSA) is 0 Å². The lowest BCUT2D eigenvalue weighted by atomic mass is 8.53. The summed E-state index contributed by atoms with van der Waals surface area (Å²) in [5, 5.41) is 0. The Kier molecular flexibility index (Phi) is 6.09. The molecular weight excluding hydrogens is 179 g/mol. The fourth-order valence-electron chi connectivity index (χ4n) is 4.24. The highest BCUT2D eigenvalue weighted by Crippen LogP contribution is 2.31. The Morgan fingerprint density at radius 2 is 1.81 bits per heavy atom. The molecule has 1 aliphatic rings. The van der Waals surface area contributed by atoms with Crippen molar-refractivity contribution in [2.75, 3.05) is 0 Å². The lowest BCUT2D eigenvalue weighted by Crippen LogP contribution is -2.68. The Morgan fingerprint density at radius 3 is 2.12 bits per heavy atom. The summed E-state index contributed by atoms with van der Waals surface area (Å²) in [7, 11) is 13.5. The van der Waals surface area contributed by atoms with E-state index in [0.717, 1.165) is 38.0 Å². The van der Waals surface area contributed by atoms with Crippen molar-refractivity contribution in [3.63, 3.8) is 0 Å². The molecule has 0 aliphatic carbocycles. The van der Waals surface area contributed by atoms with Gasteiger partial charge >= 0.3 is 0 Å². The van der Waals surface area contributed by atoms with E-state index in [0.29, 0.717) is 0 Å². The van der Waals surface area contributed by atoms with Crippen LogP contribution in [0.1, 0.15) is 19.8 Å². The van der Waals surface area contributed by atoms with E-state index in [-0.39, 0.29) is 0 Å². The summed E-state index contributed by atoms with van der Waals surface area (Å²) < 4.78 is 0. The second-order valence-corrected chi connectivity index (χ2v) is 6.71. The highest BCUT2D eigenvalue weighted by Gasteiger charge is 2.42. The summed E-state index contributed by atoms with van der Waals surface area (Å²) in [5.41, 5.74) is 0. The molecule has 16 heavy (non-hydrogen) atoms. The van der Waals surface area contributed by atoms with Gasteiger partial charge in [-0.25, -0.2) is 0 Å². The van der Waals surface area contributed by atoms with Gasteiger partial charge in [-0.15, -0.1) is 0 Å². The Hall–Kier alpha value is 0.714. The molecule has 0 N–H and O–H groups in total. The van der Waals surface area contributed by atoms with Crippen LogP contribution in [-0.2, 0) is 0 Å². The third-order valence-corrected chi connectivity index (χ3v) is 5.01. The van der Waals surface area contributed by atoms with Crippen LogP contribution >= 0.6 is 0 Å². The van der Waals surface area contributed by atoms with Crippen LogP contribution in [0.15, 0.2) is 0 Å². The maximum absolute atomic E-state index is 2.49. The minimum absolute atomic E-state index is 0.852. The summed E-state index contributed by atoms with van der Waals surface area (Å²) in [6, 6.07) is 0. The number of hydrogen-bond donors (Lipinski definition) is 0. The van der Waals surface area contributed by atoms with Crippen molar-refractivity contribution in [2.45, 2.75) is 31.9 Å². The largest absolute Gasteiger partial charge is 0.0939 e. The molecule has 0 aromatic heterocycles. The first-order chi connectivity index (χ1) is 7.49. The highest BCUT2D eigenvalue weighted by atomic mass is 14.0. The molecule has 1 atom stereocenters. The Morgan fingerprint density at radius 1 is 1.19 bits per heavy atom. The Balaban J connectivity index is 2.80. The molecule has 1 aliphatic heterocycles. The average Bonchev–Trinajstić information content (AvgIpc) is 2.59. The van der Waals surface area contributed by atoms with Gasteiger partial charge in [-0.3, -0.25) is 0 Å². The van der Waals surface area contributed by atoms with Crippen LogP contribution in [0.5, 0.6) is 0 Å². The fraction of sp³-hybridized carbons (Fsp3) is 1.00. The first-order valence-corrected chi connectivity index (χ1v) is 7.49. The van der Waals surface area contributed by atoms with Crippen LogP contribution in [-0.4, -0.2) is 77.9 Å². The van der Waals surface area contributed by atoms with Crippen LogP contribution in [0, 0.1) is 0 Å². The van der Waals surface area contributed by atoms with Crippen molar-refractivity contribution in [3.8, 4) is 0 Å². The molecule has 0 radical (unpaired) electrons. The van der Waals surface area contributed by atoms with E-state index in [9.17, 15) is 0 Å². The van der Waals surface area contributed by atoms with Crippen LogP contribution in [0.2, 0.25) is 12.1 Å². The summed E-state index contributed by atoms with van der Waals surface area (Å²) in [5.74, 6) is 0.972. The molecule has 1 saturated heterocycles. The van der Waals surface area contributed by atoms with E-state index in [1.807, 2.05) is 0 Å². The molecule has 0 aromatic rings. The summed E-state index contributed by atoms with van der Waals surface area (Å²) in [6.07, 6.45) is 8.05. The predicted molar refractivity (Wildman–Crippen MR) is 102 cm³/mol. The van der Waals surface area contributed by atoms with Crippen molar-refractivity contribution in [3.05, 3.63) is 0 Å². The van der Waals surface area contributed by atoms with Gasteiger partial charge in [0.25, 0.3) is 0 Å². The third-order valence-electron chi connectivity index (χ3n) is 5.01. The number of hydrogen-bond acceptors (Lipinski definition) is 0. The quantitative estimate of drug-likeness (QED) is 0.390. The van der Waals surface area contributed by atoms with Crippen LogP contribution in [0.4, 0.5) is 0 Å². The number of rotatable bonds is 5. The van der Waals surface area contributed by atoms with E-state index >= 15 is 0 Å². The first kappa shape index (κ1) is 14.8. The minimum Gasteiger partial charge on any atom is -0.0815 e. The molecule has 0 saturated carbocycles. The summed E-state index contributed by atoms with van der Waals surface area (Å²) in [4.78, 5) is 0. The van der Waals surface area contributed by atoms with Gasteiger partial charge in [0, 0.05) is 32.6 Å². The summed E-state index contributed by atoms with van der Waals surface area (Å²) in [6.45, 7) is 3.49. The SMILES string of the molecule is BBB(B(B)B)B(B(B)B)B1CCC[C@H]1C. The van der Waals surface area contributed by atoms with Gasteiger partial charge in [0.05, 0.1) is 45.3 Å². The fourth-order valence-corrected chi connectivity index (χ4v) is 4.24. The molecule has 0 spiro atoms. The van der Waals surface area contributed by atoms with E-state index < -0.39 is 0 Å².